The molecule has 33 heavy (non-hydrogen) atoms. The lowest BCUT2D eigenvalue weighted by Crippen LogP contribution is -2.31. The number of aromatic nitrogens is 1. The number of methoxy groups -OCH3 is 2. The highest BCUT2D eigenvalue weighted by Gasteiger charge is 2.29. The minimum atomic E-state index is -3.78. The first-order chi connectivity index (χ1) is 15.6. The van der Waals surface area contributed by atoms with Gasteiger partial charge in [0.2, 0.25) is 15.9 Å². The summed E-state index contributed by atoms with van der Waals surface area (Å²) in [5.74, 6) is -2.14. The van der Waals surface area contributed by atoms with Crippen LogP contribution in [0.1, 0.15) is 38.4 Å². The predicted molar refractivity (Wildman–Crippen MR) is 119 cm³/mol. The minimum Gasteiger partial charge on any atom is -0.465 e. The maximum absolute atomic E-state index is 12.8. The van der Waals surface area contributed by atoms with Gasteiger partial charge in [0.05, 0.1) is 24.7 Å². The number of rotatable bonds is 7. The molecular weight excluding hydrogens is 474 g/mol. The van der Waals surface area contributed by atoms with E-state index in [0.29, 0.717) is 13.1 Å². The molecule has 3 rings (SSSR count). The van der Waals surface area contributed by atoms with Gasteiger partial charge in [-0.2, -0.15) is 4.31 Å². The summed E-state index contributed by atoms with van der Waals surface area (Å²) in [5, 5.41) is 2.56. The zero-order chi connectivity index (χ0) is 24.3. The lowest BCUT2D eigenvalue weighted by Gasteiger charge is -2.16. The van der Waals surface area contributed by atoms with E-state index in [2.05, 4.69) is 5.32 Å². The second-order valence-electron chi connectivity index (χ2n) is 7.23. The lowest BCUT2D eigenvalue weighted by molar-refractivity contribution is -0.116. The van der Waals surface area contributed by atoms with Crippen molar-refractivity contribution >= 4 is 44.2 Å². The molecule has 2 aromatic rings. The third-order valence-corrected chi connectivity index (χ3v) is 8.20. The molecule has 0 unspecified atom stereocenters. The average Bonchev–Trinajstić information content (AvgIpc) is 3.43. The number of sulfonamides is 1. The zero-order valence-corrected chi connectivity index (χ0v) is 19.9. The van der Waals surface area contributed by atoms with Crippen LogP contribution < -0.4 is 10.9 Å². The number of amides is 1. The van der Waals surface area contributed by atoms with Gasteiger partial charge < -0.3 is 19.4 Å². The van der Waals surface area contributed by atoms with Gasteiger partial charge in [-0.3, -0.25) is 9.59 Å². The highest BCUT2D eigenvalue weighted by molar-refractivity contribution is 7.89. The number of hydrogen-bond donors (Lipinski definition) is 1. The van der Waals surface area contributed by atoms with E-state index in [1.54, 1.807) is 0 Å². The fourth-order valence-electron chi connectivity index (χ4n) is 3.42. The molecule has 3 heterocycles. The van der Waals surface area contributed by atoms with Gasteiger partial charge in [0, 0.05) is 25.4 Å². The van der Waals surface area contributed by atoms with Crippen LogP contribution in [0.5, 0.6) is 0 Å². The number of carbonyl (C=O) groups is 3. The molecule has 1 fully saturated rings. The van der Waals surface area contributed by atoms with Crippen molar-refractivity contribution < 1.29 is 32.3 Å². The van der Waals surface area contributed by atoms with Crippen molar-refractivity contribution in [3.8, 4) is 0 Å². The van der Waals surface area contributed by atoms with Gasteiger partial charge in [-0.25, -0.2) is 18.0 Å². The standard InChI is InChI=1S/C20H23N3O8S2/c1-12-16(19(26)30-2)18(32-17(12)20(27)31-3)21-14(24)11-22-10-13(6-7-15(22)25)33(28,29)23-8-4-5-9-23/h6-7,10H,4-5,8-9,11H2,1-3H3,(H,21,24). The fourth-order valence-corrected chi connectivity index (χ4v) is 6.09. The van der Waals surface area contributed by atoms with Gasteiger partial charge in [0.15, 0.2) is 0 Å². The van der Waals surface area contributed by atoms with Crippen molar-refractivity contribution in [2.45, 2.75) is 31.2 Å². The molecule has 0 aliphatic carbocycles. The van der Waals surface area contributed by atoms with E-state index in [9.17, 15) is 27.6 Å². The molecule has 1 N–H and O–H groups in total. The molecule has 0 aromatic carbocycles. The van der Waals surface area contributed by atoms with Crippen LogP contribution in [0.2, 0.25) is 0 Å². The molecule has 0 spiro atoms. The van der Waals surface area contributed by atoms with Crippen molar-refractivity contribution in [3.05, 3.63) is 44.7 Å². The molecule has 13 heteroatoms. The molecule has 1 aliphatic rings. The fraction of sp³-hybridized carbons (Fsp3) is 0.400. The maximum Gasteiger partial charge on any atom is 0.348 e. The van der Waals surface area contributed by atoms with Gasteiger partial charge in [0.1, 0.15) is 16.4 Å². The van der Waals surface area contributed by atoms with Gasteiger partial charge in [0.25, 0.3) is 5.56 Å². The topological polar surface area (TPSA) is 141 Å². The van der Waals surface area contributed by atoms with Crippen LogP contribution in [0.15, 0.2) is 28.0 Å². The molecule has 0 bridgehead atoms. The summed E-state index contributed by atoms with van der Waals surface area (Å²) in [4.78, 5) is 49.2. The summed E-state index contributed by atoms with van der Waals surface area (Å²) in [6.07, 6.45) is 2.64. The van der Waals surface area contributed by atoms with Crippen molar-refractivity contribution in [3.63, 3.8) is 0 Å². The third kappa shape index (κ3) is 4.99. The van der Waals surface area contributed by atoms with E-state index in [0.717, 1.165) is 48.1 Å². The number of ether oxygens (including phenoxy) is 2. The van der Waals surface area contributed by atoms with E-state index in [1.807, 2.05) is 0 Å². The van der Waals surface area contributed by atoms with E-state index >= 15 is 0 Å². The first-order valence-electron chi connectivity index (χ1n) is 9.90. The van der Waals surface area contributed by atoms with Crippen LogP contribution in [-0.4, -0.2) is 62.4 Å². The highest BCUT2D eigenvalue weighted by Crippen LogP contribution is 2.34. The van der Waals surface area contributed by atoms with Crippen LogP contribution >= 0.6 is 11.3 Å². The molecule has 0 radical (unpaired) electrons. The molecule has 11 nitrogen and oxygen atoms in total. The number of nitrogens with zero attached hydrogens (tertiary/aromatic N) is 2. The molecule has 2 aromatic heterocycles. The van der Waals surface area contributed by atoms with Crippen LogP contribution in [0.25, 0.3) is 0 Å². The molecule has 0 saturated carbocycles. The van der Waals surface area contributed by atoms with Crippen LogP contribution in [0, 0.1) is 6.92 Å². The lowest BCUT2D eigenvalue weighted by atomic mass is 10.1. The summed E-state index contributed by atoms with van der Waals surface area (Å²) < 4.78 is 37.3. The van der Waals surface area contributed by atoms with E-state index in [1.165, 1.54) is 24.4 Å². The Morgan fingerprint density at radius 3 is 2.33 bits per heavy atom. The zero-order valence-electron chi connectivity index (χ0n) is 18.2. The minimum absolute atomic E-state index is 0.00559. The molecule has 1 aliphatic heterocycles. The molecule has 1 saturated heterocycles. The second-order valence-corrected chi connectivity index (χ2v) is 10.2. The Balaban J connectivity index is 1.88. The van der Waals surface area contributed by atoms with Gasteiger partial charge in [-0.1, -0.05) is 0 Å². The monoisotopic (exact) mass is 497 g/mol. The second kappa shape index (κ2) is 9.85. The third-order valence-electron chi connectivity index (χ3n) is 5.13. The molecule has 178 valence electrons. The maximum atomic E-state index is 12.8. The first-order valence-corrected chi connectivity index (χ1v) is 12.2. The number of thiophene rings is 1. The van der Waals surface area contributed by atoms with Crippen LogP contribution in [-0.2, 0) is 30.8 Å². The molecule has 1 amide bonds. The van der Waals surface area contributed by atoms with E-state index < -0.39 is 40.0 Å². The summed E-state index contributed by atoms with van der Waals surface area (Å²) >= 11 is 0.833. The summed E-state index contributed by atoms with van der Waals surface area (Å²) in [7, 11) is -1.43. The number of esters is 2. The number of anilines is 1. The SMILES string of the molecule is COC(=O)c1sc(NC(=O)Cn2cc(S(=O)(=O)N3CCCC3)ccc2=O)c(C(=O)OC)c1C. The summed E-state index contributed by atoms with van der Waals surface area (Å²) in [5.41, 5.74) is -0.296. The number of carbonyl (C=O) groups excluding carboxylic acids is 3. The van der Waals surface area contributed by atoms with Gasteiger partial charge >= 0.3 is 11.9 Å². The average molecular weight is 498 g/mol. The molecular formula is C20H23N3O8S2. The number of pyridine rings is 1. The van der Waals surface area contributed by atoms with Crippen molar-refractivity contribution in [2.75, 3.05) is 32.6 Å². The normalized spacial score (nSPS) is 14.2. The van der Waals surface area contributed by atoms with Crippen LogP contribution in [0.4, 0.5) is 5.00 Å². The largest absolute Gasteiger partial charge is 0.465 e. The van der Waals surface area contributed by atoms with E-state index in [-0.39, 0.29) is 25.9 Å². The highest BCUT2D eigenvalue weighted by atomic mass is 32.2. The number of nitrogens with one attached hydrogen (secondary N) is 1. The Hall–Kier alpha value is -3.03. The Labute approximate surface area is 194 Å². The smallest absolute Gasteiger partial charge is 0.348 e. The quantitative estimate of drug-likeness (QED) is 0.563. The Morgan fingerprint density at radius 2 is 1.73 bits per heavy atom. The van der Waals surface area contributed by atoms with Crippen molar-refractivity contribution in [2.24, 2.45) is 0 Å². The Morgan fingerprint density at radius 1 is 1.09 bits per heavy atom. The predicted octanol–water partition coefficient (Wildman–Crippen LogP) is 1.21. The first kappa shape index (κ1) is 24.6. The van der Waals surface area contributed by atoms with Gasteiger partial charge in [-0.05, 0) is 31.4 Å². The van der Waals surface area contributed by atoms with E-state index in [4.69, 9.17) is 9.47 Å². The summed E-state index contributed by atoms with van der Waals surface area (Å²) in [6.45, 7) is 1.81. The Kier molecular flexibility index (Phi) is 7.34. The molecule has 0 atom stereocenters. The number of hydrogen-bond acceptors (Lipinski definition) is 9. The van der Waals surface area contributed by atoms with Gasteiger partial charge in [-0.15, -0.1) is 11.3 Å². The van der Waals surface area contributed by atoms with Crippen molar-refractivity contribution in [1.82, 2.24) is 8.87 Å². The van der Waals surface area contributed by atoms with Crippen LogP contribution in [0.3, 0.4) is 0 Å². The van der Waals surface area contributed by atoms with Crippen molar-refractivity contribution in [1.29, 1.82) is 0 Å². The summed E-state index contributed by atoms with van der Waals surface area (Å²) in [6, 6.07) is 2.30. The Bertz CT molecular complexity index is 1260.